The summed E-state index contributed by atoms with van der Waals surface area (Å²) in [4.78, 5) is 28.3. The Morgan fingerprint density at radius 1 is 1.50 bits per heavy atom. The molecular formula is C14H17N3O3. The number of fused-ring (bicyclic) bond motifs is 1. The highest BCUT2D eigenvalue weighted by Gasteiger charge is 2.13. The van der Waals surface area contributed by atoms with Crippen molar-refractivity contribution in [3.05, 3.63) is 46.0 Å². The minimum atomic E-state index is -0.473. The van der Waals surface area contributed by atoms with E-state index in [0.29, 0.717) is 12.2 Å². The van der Waals surface area contributed by atoms with Gasteiger partial charge in [0.25, 0.3) is 11.5 Å². The van der Waals surface area contributed by atoms with Crippen molar-refractivity contribution in [3.63, 3.8) is 0 Å². The van der Waals surface area contributed by atoms with Crippen LogP contribution in [0.15, 0.2) is 29.3 Å². The van der Waals surface area contributed by atoms with E-state index in [0.717, 1.165) is 5.56 Å². The first-order valence-electron chi connectivity index (χ1n) is 6.40. The van der Waals surface area contributed by atoms with Gasteiger partial charge >= 0.3 is 0 Å². The minimum Gasteiger partial charge on any atom is -0.396 e. The fourth-order valence-electron chi connectivity index (χ4n) is 1.77. The Hall–Kier alpha value is -2.21. The number of carbonyl (C=O) groups is 1. The van der Waals surface area contributed by atoms with Gasteiger partial charge in [-0.15, -0.1) is 0 Å². The maximum atomic E-state index is 12.2. The van der Waals surface area contributed by atoms with Gasteiger partial charge in [-0.1, -0.05) is 13.0 Å². The van der Waals surface area contributed by atoms with Crippen LogP contribution in [-0.2, 0) is 0 Å². The van der Waals surface area contributed by atoms with E-state index < -0.39 is 11.5 Å². The lowest BCUT2D eigenvalue weighted by Crippen LogP contribution is -2.34. The van der Waals surface area contributed by atoms with Crippen molar-refractivity contribution in [1.29, 1.82) is 0 Å². The quantitative estimate of drug-likeness (QED) is 0.844. The van der Waals surface area contributed by atoms with E-state index in [2.05, 4.69) is 10.3 Å². The summed E-state index contributed by atoms with van der Waals surface area (Å²) in [5.74, 6) is -0.531. The molecule has 0 radical (unpaired) electrons. The van der Waals surface area contributed by atoms with Crippen LogP contribution in [0, 0.1) is 12.8 Å². The van der Waals surface area contributed by atoms with Crippen molar-refractivity contribution < 1.29 is 9.90 Å². The molecule has 0 aliphatic carbocycles. The molecule has 0 fully saturated rings. The molecular weight excluding hydrogens is 258 g/mol. The van der Waals surface area contributed by atoms with E-state index >= 15 is 0 Å². The Balaban J connectivity index is 2.33. The van der Waals surface area contributed by atoms with Crippen LogP contribution in [0.1, 0.15) is 22.8 Å². The van der Waals surface area contributed by atoms with Gasteiger partial charge < -0.3 is 10.4 Å². The number of amides is 1. The summed E-state index contributed by atoms with van der Waals surface area (Å²) in [5, 5.41) is 11.5. The molecule has 2 aromatic rings. The Morgan fingerprint density at radius 2 is 2.25 bits per heavy atom. The molecule has 106 valence electrons. The average Bonchev–Trinajstić information content (AvgIpc) is 2.45. The molecule has 0 saturated carbocycles. The first-order chi connectivity index (χ1) is 9.52. The number of aromatic nitrogens is 2. The number of carbonyl (C=O) groups excluding carboxylic acids is 1. The van der Waals surface area contributed by atoms with E-state index in [9.17, 15) is 9.59 Å². The number of nitrogens with zero attached hydrogens (tertiary/aromatic N) is 2. The molecule has 1 amide bonds. The highest BCUT2D eigenvalue weighted by molar-refractivity contribution is 5.93. The van der Waals surface area contributed by atoms with E-state index in [1.807, 2.05) is 13.0 Å². The van der Waals surface area contributed by atoms with E-state index in [1.165, 1.54) is 10.6 Å². The fourth-order valence-corrected chi connectivity index (χ4v) is 1.77. The van der Waals surface area contributed by atoms with Gasteiger partial charge in [0.1, 0.15) is 11.2 Å². The maximum absolute atomic E-state index is 12.2. The predicted molar refractivity (Wildman–Crippen MR) is 74.8 cm³/mol. The van der Waals surface area contributed by atoms with Gasteiger partial charge in [-0.2, -0.15) is 0 Å². The topological polar surface area (TPSA) is 83.7 Å². The zero-order valence-electron chi connectivity index (χ0n) is 11.5. The third-order valence-electron chi connectivity index (χ3n) is 3.02. The Bertz CT molecular complexity index is 694. The van der Waals surface area contributed by atoms with Gasteiger partial charge in [-0.25, -0.2) is 4.98 Å². The van der Waals surface area contributed by atoms with Crippen LogP contribution in [0.25, 0.3) is 5.65 Å². The van der Waals surface area contributed by atoms with Crippen molar-refractivity contribution in [1.82, 2.24) is 14.7 Å². The molecule has 6 nitrogen and oxygen atoms in total. The monoisotopic (exact) mass is 275 g/mol. The summed E-state index contributed by atoms with van der Waals surface area (Å²) in [6.45, 7) is 3.95. The van der Waals surface area contributed by atoms with Crippen LogP contribution in [0.3, 0.4) is 0 Å². The number of hydrogen-bond donors (Lipinski definition) is 2. The van der Waals surface area contributed by atoms with Crippen LogP contribution in [0.2, 0.25) is 0 Å². The Labute approximate surface area is 116 Å². The van der Waals surface area contributed by atoms with Gasteiger partial charge in [-0.05, 0) is 24.5 Å². The number of pyridine rings is 1. The summed E-state index contributed by atoms with van der Waals surface area (Å²) in [6.07, 6.45) is 2.93. The first kappa shape index (κ1) is 14.2. The Morgan fingerprint density at radius 3 is 2.95 bits per heavy atom. The van der Waals surface area contributed by atoms with Gasteiger partial charge in [0.15, 0.2) is 0 Å². The minimum absolute atomic E-state index is 0.00163. The molecule has 0 saturated heterocycles. The molecule has 6 heteroatoms. The van der Waals surface area contributed by atoms with Crippen molar-refractivity contribution >= 4 is 11.6 Å². The molecule has 2 aromatic heterocycles. The lowest BCUT2D eigenvalue weighted by Gasteiger charge is -2.09. The molecule has 0 aromatic carbocycles. The lowest BCUT2D eigenvalue weighted by molar-refractivity contribution is 0.0940. The van der Waals surface area contributed by atoms with Gasteiger partial charge in [0.05, 0.1) is 0 Å². The standard InChI is InChI=1S/C14H17N3O3/c1-9-3-4-12-15-6-11(14(20)17(12)7-9)13(19)16-5-10(2)8-18/h3-4,6-7,10,18H,5,8H2,1-2H3,(H,16,19). The van der Waals surface area contributed by atoms with Gasteiger partial charge in [0.2, 0.25) is 0 Å². The van der Waals surface area contributed by atoms with Crippen LogP contribution < -0.4 is 10.9 Å². The number of hydrogen-bond acceptors (Lipinski definition) is 4. The number of nitrogens with one attached hydrogen (secondary N) is 1. The van der Waals surface area contributed by atoms with Crippen molar-refractivity contribution in [2.45, 2.75) is 13.8 Å². The van der Waals surface area contributed by atoms with Crippen LogP contribution in [0.4, 0.5) is 0 Å². The molecule has 0 spiro atoms. The van der Waals surface area contributed by atoms with E-state index in [-0.39, 0.29) is 18.1 Å². The largest absolute Gasteiger partial charge is 0.396 e. The smallest absolute Gasteiger partial charge is 0.270 e. The molecule has 2 N–H and O–H groups in total. The SMILES string of the molecule is Cc1ccc2ncc(C(=O)NCC(C)CO)c(=O)n2c1. The maximum Gasteiger partial charge on any atom is 0.270 e. The fraction of sp³-hybridized carbons (Fsp3) is 0.357. The number of rotatable bonds is 4. The average molecular weight is 275 g/mol. The summed E-state index contributed by atoms with van der Waals surface area (Å²) < 4.78 is 1.36. The van der Waals surface area contributed by atoms with Crippen LogP contribution in [-0.4, -0.2) is 33.6 Å². The molecule has 1 atom stereocenters. The van der Waals surface area contributed by atoms with Gasteiger partial charge in [-0.3, -0.25) is 14.0 Å². The van der Waals surface area contributed by atoms with Crippen molar-refractivity contribution in [3.8, 4) is 0 Å². The summed E-state index contributed by atoms with van der Waals surface area (Å²) >= 11 is 0. The molecule has 0 bridgehead atoms. The molecule has 0 aliphatic rings. The third kappa shape index (κ3) is 2.85. The normalized spacial score (nSPS) is 12.3. The summed E-state index contributed by atoms with van der Waals surface area (Å²) in [6, 6.07) is 3.58. The second-order valence-electron chi connectivity index (χ2n) is 4.91. The van der Waals surface area contributed by atoms with Crippen LogP contribution in [0.5, 0.6) is 0 Å². The van der Waals surface area contributed by atoms with Gasteiger partial charge in [0, 0.05) is 25.5 Å². The molecule has 2 rings (SSSR count). The summed E-state index contributed by atoms with van der Waals surface area (Å²) in [5.41, 5.74) is 1.01. The summed E-state index contributed by atoms with van der Waals surface area (Å²) in [7, 11) is 0. The predicted octanol–water partition coefficient (Wildman–Crippen LogP) is 0.361. The van der Waals surface area contributed by atoms with Crippen molar-refractivity contribution in [2.75, 3.05) is 13.2 Å². The highest BCUT2D eigenvalue weighted by Crippen LogP contribution is 2.02. The first-order valence-corrected chi connectivity index (χ1v) is 6.40. The van der Waals surface area contributed by atoms with Crippen LogP contribution >= 0.6 is 0 Å². The molecule has 20 heavy (non-hydrogen) atoms. The lowest BCUT2D eigenvalue weighted by atomic mass is 10.2. The number of aryl methyl sites for hydroxylation is 1. The third-order valence-corrected chi connectivity index (χ3v) is 3.02. The molecule has 2 heterocycles. The second-order valence-corrected chi connectivity index (χ2v) is 4.91. The molecule has 0 aliphatic heterocycles. The Kier molecular flexibility index (Phi) is 4.14. The molecule has 1 unspecified atom stereocenters. The van der Waals surface area contributed by atoms with E-state index in [1.54, 1.807) is 19.2 Å². The highest BCUT2D eigenvalue weighted by atomic mass is 16.3. The van der Waals surface area contributed by atoms with E-state index in [4.69, 9.17) is 5.11 Å². The second kappa shape index (κ2) is 5.83. The number of aliphatic hydroxyl groups excluding tert-OH is 1. The number of aliphatic hydroxyl groups is 1. The van der Waals surface area contributed by atoms with Crippen molar-refractivity contribution in [2.24, 2.45) is 5.92 Å². The zero-order valence-corrected chi connectivity index (χ0v) is 11.5. The zero-order chi connectivity index (χ0) is 14.7.